The van der Waals surface area contributed by atoms with E-state index in [1.54, 1.807) is 9.36 Å². The summed E-state index contributed by atoms with van der Waals surface area (Å²) in [6.07, 6.45) is 4.25. The molecule has 1 aliphatic carbocycles. The third-order valence-electron chi connectivity index (χ3n) is 6.28. The summed E-state index contributed by atoms with van der Waals surface area (Å²) in [7, 11) is 1.85. The molecule has 0 bridgehead atoms. The Balaban J connectivity index is 1.69. The van der Waals surface area contributed by atoms with E-state index < -0.39 is 0 Å². The van der Waals surface area contributed by atoms with Gasteiger partial charge in [-0.2, -0.15) is 0 Å². The summed E-state index contributed by atoms with van der Waals surface area (Å²) >= 11 is 0. The summed E-state index contributed by atoms with van der Waals surface area (Å²) in [5.74, 6) is 0.370. The Morgan fingerprint density at radius 3 is 2.81 bits per heavy atom. The molecule has 2 fully saturated rings. The van der Waals surface area contributed by atoms with Gasteiger partial charge in [0.15, 0.2) is 0 Å². The lowest BCUT2D eigenvalue weighted by Crippen LogP contribution is -2.45. The molecule has 26 heavy (non-hydrogen) atoms. The van der Waals surface area contributed by atoms with Gasteiger partial charge in [0.2, 0.25) is 5.91 Å². The summed E-state index contributed by atoms with van der Waals surface area (Å²) in [5, 5.41) is 6.40. The maximum atomic E-state index is 13.2. The molecule has 1 saturated heterocycles. The number of hydrogen-bond donors (Lipinski definition) is 2. The molecule has 1 aromatic heterocycles. The fourth-order valence-electron chi connectivity index (χ4n) is 4.64. The number of hydrogen-bond acceptors (Lipinski definition) is 3. The normalized spacial score (nSPS) is 25.1. The number of rotatable bonds is 3. The van der Waals surface area contributed by atoms with Crippen LogP contribution in [0.4, 0.5) is 5.69 Å². The fraction of sp³-hybridized carbons (Fsp3) is 0.500. The number of anilines is 1. The van der Waals surface area contributed by atoms with Crippen LogP contribution in [0.3, 0.4) is 0 Å². The zero-order chi connectivity index (χ0) is 18.3. The van der Waals surface area contributed by atoms with Crippen LogP contribution >= 0.6 is 0 Å². The van der Waals surface area contributed by atoms with Gasteiger partial charge in [0.05, 0.1) is 16.8 Å². The van der Waals surface area contributed by atoms with Crippen LogP contribution < -0.4 is 16.2 Å². The number of carbonyl (C=O) groups excluding carboxylic acids is 1. The van der Waals surface area contributed by atoms with Gasteiger partial charge in [-0.05, 0) is 44.4 Å². The molecule has 1 saturated carbocycles. The van der Waals surface area contributed by atoms with E-state index in [0.29, 0.717) is 18.2 Å². The maximum absolute atomic E-state index is 13.2. The van der Waals surface area contributed by atoms with Gasteiger partial charge in [0.1, 0.15) is 5.69 Å². The lowest BCUT2D eigenvalue weighted by atomic mass is 9.67. The first-order valence-electron chi connectivity index (χ1n) is 9.41. The van der Waals surface area contributed by atoms with Gasteiger partial charge in [0.25, 0.3) is 5.56 Å². The minimum atomic E-state index is -0.370. The molecular formula is C20H26N4O2. The highest BCUT2D eigenvalue weighted by Gasteiger charge is 2.50. The minimum Gasteiger partial charge on any atom is -0.319 e. The van der Waals surface area contributed by atoms with Gasteiger partial charge >= 0.3 is 0 Å². The van der Waals surface area contributed by atoms with Crippen molar-refractivity contribution < 1.29 is 4.79 Å². The summed E-state index contributed by atoms with van der Waals surface area (Å²) in [4.78, 5) is 26.3. The molecule has 1 aliphatic heterocycles. The Labute approximate surface area is 153 Å². The largest absolute Gasteiger partial charge is 0.319 e. The first-order chi connectivity index (χ1) is 12.5. The number of para-hydroxylation sites is 1. The van der Waals surface area contributed by atoms with Crippen LogP contribution in [0.2, 0.25) is 0 Å². The highest BCUT2D eigenvalue weighted by molar-refractivity contribution is 5.96. The van der Waals surface area contributed by atoms with Crippen molar-refractivity contribution in [3.8, 4) is 5.69 Å². The van der Waals surface area contributed by atoms with Gasteiger partial charge in [-0.15, -0.1) is 0 Å². The van der Waals surface area contributed by atoms with Crippen LogP contribution in [0.1, 0.15) is 31.4 Å². The zero-order valence-electron chi connectivity index (χ0n) is 15.4. The summed E-state index contributed by atoms with van der Waals surface area (Å²) in [5.41, 5.74) is 1.40. The number of fused-ring (bicyclic) bond motifs is 1. The topological polar surface area (TPSA) is 68.1 Å². The van der Waals surface area contributed by atoms with Crippen molar-refractivity contribution in [2.45, 2.75) is 32.6 Å². The number of aromatic nitrogens is 2. The molecule has 1 aromatic carbocycles. The summed E-state index contributed by atoms with van der Waals surface area (Å²) in [6, 6.07) is 9.51. The minimum absolute atomic E-state index is 0.00166. The van der Waals surface area contributed by atoms with Crippen molar-refractivity contribution in [3.63, 3.8) is 0 Å². The van der Waals surface area contributed by atoms with Crippen molar-refractivity contribution in [2.75, 3.05) is 18.4 Å². The van der Waals surface area contributed by atoms with Crippen molar-refractivity contribution >= 4 is 11.6 Å². The Kier molecular flexibility index (Phi) is 4.23. The zero-order valence-corrected chi connectivity index (χ0v) is 15.4. The smallest absolute Gasteiger partial charge is 0.295 e. The number of amides is 1. The molecular weight excluding hydrogens is 328 g/mol. The molecule has 2 N–H and O–H groups in total. The van der Waals surface area contributed by atoms with Gasteiger partial charge in [-0.25, -0.2) is 4.68 Å². The highest BCUT2D eigenvalue weighted by Crippen LogP contribution is 2.44. The quantitative estimate of drug-likeness (QED) is 0.888. The van der Waals surface area contributed by atoms with Crippen LogP contribution in [0.25, 0.3) is 5.69 Å². The number of nitrogens with one attached hydrogen (secondary N) is 2. The van der Waals surface area contributed by atoms with E-state index in [4.69, 9.17) is 0 Å². The van der Waals surface area contributed by atoms with Gasteiger partial charge in [0, 0.05) is 13.6 Å². The van der Waals surface area contributed by atoms with Crippen LogP contribution in [0, 0.1) is 18.3 Å². The molecule has 4 rings (SSSR count). The lowest BCUT2D eigenvalue weighted by Gasteiger charge is -2.36. The van der Waals surface area contributed by atoms with Crippen LogP contribution in [-0.4, -0.2) is 28.4 Å². The van der Waals surface area contributed by atoms with E-state index in [1.165, 1.54) is 6.42 Å². The van der Waals surface area contributed by atoms with E-state index in [9.17, 15) is 9.59 Å². The second-order valence-corrected chi connectivity index (χ2v) is 7.62. The highest BCUT2D eigenvalue weighted by atomic mass is 16.2. The Morgan fingerprint density at radius 2 is 2.04 bits per heavy atom. The molecule has 2 atom stereocenters. The maximum Gasteiger partial charge on any atom is 0.295 e. The van der Waals surface area contributed by atoms with Gasteiger partial charge in [-0.1, -0.05) is 31.0 Å². The molecule has 0 unspecified atom stereocenters. The van der Waals surface area contributed by atoms with E-state index in [-0.39, 0.29) is 16.9 Å². The first kappa shape index (κ1) is 17.1. The summed E-state index contributed by atoms with van der Waals surface area (Å²) < 4.78 is 3.41. The predicted molar refractivity (Wildman–Crippen MR) is 102 cm³/mol. The molecule has 2 aliphatic rings. The first-order valence-corrected chi connectivity index (χ1v) is 9.41. The molecule has 2 aromatic rings. The van der Waals surface area contributed by atoms with E-state index in [2.05, 4.69) is 10.6 Å². The number of nitrogens with zero attached hydrogens (tertiary/aromatic N) is 2. The average Bonchev–Trinajstić information content (AvgIpc) is 3.19. The van der Waals surface area contributed by atoms with Crippen molar-refractivity contribution in [2.24, 2.45) is 18.4 Å². The van der Waals surface area contributed by atoms with Crippen LogP contribution in [-0.2, 0) is 11.8 Å². The molecule has 0 radical (unpaired) electrons. The van der Waals surface area contributed by atoms with Crippen molar-refractivity contribution in [1.29, 1.82) is 0 Å². The molecule has 6 nitrogen and oxygen atoms in total. The second-order valence-electron chi connectivity index (χ2n) is 7.62. The lowest BCUT2D eigenvalue weighted by molar-refractivity contribution is -0.128. The van der Waals surface area contributed by atoms with Crippen molar-refractivity contribution in [1.82, 2.24) is 14.7 Å². The Bertz CT molecular complexity index is 883. The molecule has 2 heterocycles. The third kappa shape index (κ3) is 2.51. The van der Waals surface area contributed by atoms with E-state index in [1.807, 2.05) is 44.3 Å². The standard InChI is InChI=1S/C20H26N4O2/c1-14-17(18(25)24(23(14)2)16-9-4-3-5-10-16)22-19(26)20-11-7-6-8-15(20)12-21-13-20/h3-5,9-10,15,21H,6-8,11-13H2,1-2H3,(H,22,26)/t15-,20+/m0/s1. The van der Waals surface area contributed by atoms with Crippen LogP contribution in [0.5, 0.6) is 0 Å². The number of benzene rings is 1. The predicted octanol–water partition coefficient (Wildman–Crippen LogP) is 2.20. The Hall–Kier alpha value is -2.34. The fourth-order valence-corrected chi connectivity index (χ4v) is 4.64. The summed E-state index contributed by atoms with van der Waals surface area (Å²) in [6.45, 7) is 3.48. The van der Waals surface area contributed by atoms with Crippen LogP contribution in [0.15, 0.2) is 35.1 Å². The van der Waals surface area contributed by atoms with Crippen molar-refractivity contribution in [3.05, 3.63) is 46.4 Å². The Morgan fingerprint density at radius 1 is 1.27 bits per heavy atom. The third-order valence-corrected chi connectivity index (χ3v) is 6.28. The van der Waals surface area contributed by atoms with E-state index >= 15 is 0 Å². The SMILES string of the molecule is Cc1c(NC(=O)[C@@]23CCCC[C@H]2CNC3)c(=O)n(-c2ccccc2)n1C. The second kappa shape index (κ2) is 6.43. The molecule has 1 amide bonds. The average molecular weight is 354 g/mol. The molecule has 138 valence electrons. The molecule has 0 spiro atoms. The number of carbonyl (C=O) groups is 1. The van der Waals surface area contributed by atoms with Gasteiger partial charge in [-0.3, -0.25) is 14.3 Å². The molecule has 6 heteroatoms. The van der Waals surface area contributed by atoms with E-state index in [0.717, 1.165) is 37.2 Å². The monoisotopic (exact) mass is 354 g/mol. The van der Waals surface area contributed by atoms with Gasteiger partial charge < -0.3 is 10.6 Å².